The Hall–Kier alpha value is -3.37. The van der Waals surface area contributed by atoms with Crippen molar-refractivity contribution in [1.29, 1.82) is 0 Å². The number of ether oxygens (including phenoxy) is 1. The molecule has 1 heterocycles. The predicted molar refractivity (Wildman–Crippen MR) is 119 cm³/mol. The molecule has 0 fully saturated rings. The number of aryl methyl sites for hydroxylation is 3. The fourth-order valence-electron chi connectivity index (χ4n) is 3.70. The van der Waals surface area contributed by atoms with Crippen LogP contribution in [-0.4, -0.2) is 5.97 Å². The minimum Gasteiger partial charge on any atom is -0.463 e. The monoisotopic (exact) mass is 418 g/mol. The molecular weight excluding hydrogens is 400 g/mol. The van der Waals surface area contributed by atoms with Crippen LogP contribution in [0.3, 0.4) is 0 Å². The van der Waals surface area contributed by atoms with Gasteiger partial charge < -0.3 is 9.15 Å². The summed E-state index contributed by atoms with van der Waals surface area (Å²) in [5.41, 5.74) is 4.45. The van der Waals surface area contributed by atoms with Crippen LogP contribution in [0.4, 0.5) is 0 Å². The van der Waals surface area contributed by atoms with Crippen molar-refractivity contribution in [1.82, 2.24) is 0 Å². The molecule has 1 aromatic heterocycles. The number of benzene rings is 3. The number of halogens is 1. The zero-order valence-electron chi connectivity index (χ0n) is 16.8. The smallest absolute Gasteiger partial charge is 0.344 e. The van der Waals surface area contributed by atoms with Crippen LogP contribution in [0.15, 0.2) is 70.1 Å². The Morgan fingerprint density at radius 3 is 2.33 bits per heavy atom. The van der Waals surface area contributed by atoms with Gasteiger partial charge in [0.15, 0.2) is 0 Å². The summed E-state index contributed by atoms with van der Waals surface area (Å²) in [7, 11) is 0. The normalized spacial score (nSPS) is 10.9. The summed E-state index contributed by atoms with van der Waals surface area (Å²) in [4.78, 5) is 25.6. The van der Waals surface area contributed by atoms with Crippen LogP contribution < -0.4 is 10.2 Å². The number of esters is 1. The second-order valence-electron chi connectivity index (χ2n) is 7.28. The maximum Gasteiger partial charge on any atom is 0.344 e. The van der Waals surface area contributed by atoms with E-state index >= 15 is 0 Å². The predicted octanol–water partition coefficient (Wildman–Crippen LogP) is 6.26. The highest BCUT2D eigenvalue weighted by Crippen LogP contribution is 2.28. The minimum absolute atomic E-state index is 0.201. The summed E-state index contributed by atoms with van der Waals surface area (Å²) in [5.74, 6) is -0.139. The van der Waals surface area contributed by atoms with Gasteiger partial charge in [-0.1, -0.05) is 47.5 Å². The first-order valence-corrected chi connectivity index (χ1v) is 9.83. The third kappa shape index (κ3) is 3.62. The lowest BCUT2D eigenvalue weighted by molar-refractivity contribution is 0.0733. The number of hydrogen-bond donors (Lipinski definition) is 0. The van der Waals surface area contributed by atoms with Gasteiger partial charge in [0, 0.05) is 16.7 Å². The van der Waals surface area contributed by atoms with Crippen molar-refractivity contribution in [2.45, 2.75) is 20.8 Å². The standard InChI is InChI=1S/C25H19ClO4/c1-14-10-15(2)23(16(3)11-14)25(28)30-17-8-9-19-22(12-17)29-13-20(24(19)27)18-6-4-5-7-21(18)26/h4-13H,1-3H3. The molecule has 3 aromatic carbocycles. The van der Waals surface area contributed by atoms with Crippen LogP contribution in [-0.2, 0) is 0 Å². The number of fused-ring (bicyclic) bond motifs is 1. The average molecular weight is 419 g/mol. The number of carbonyl (C=O) groups is 1. The van der Waals surface area contributed by atoms with Gasteiger partial charge >= 0.3 is 5.97 Å². The van der Waals surface area contributed by atoms with Gasteiger partial charge in [0.2, 0.25) is 5.43 Å². The van der Waals surface area contributed by atoms with Gasteiger partial charge in [-0.05, 0) is 50.1 Å². The lowest BCUT2D eigenvalue weighted by Gasteiger charge is -2.11. The molecule has 0 unspecified atom stereocenters. The van der Waals surface area contributed by atoms with Crippen molar-refractivity contribution in [3.63, 3.8) is 0 Å². The maximum absolute atomic E-state index is 12.9. The Morgan fingerprint density at radius 1 is 0.933 bits per heavy atom. The average Bonchev–Trinajstić information content (AvgIpc) is 2.68. The van der Waals surface area contributed by atoms with Crippen molar-refractivity contribution in [3.8, 4) is 16.9 Å². The van der Waals surface area contributed by atoms with E-state index in [4.69, 9.17) is 20.8 Å². The van der Waals surface area contributed by atoms with E-state index in [1.54, 1.807) is 36.4 Å². The highest BCUT2D eigenvalue weighted by Gasteiger charge is 2.17. The summed E-state index contributed by atoms with van der Waals surface area (Å²) in [5, 5.41) is 0.855. The third-order valence-electron chi connectivity index (χ3n) is 5.00. The van der Waals surface area contributed by atoms with Gasteiger partial charge in [-0.25, -0.2) is 4.79 Å². The molecule has 5 heteroatoms. The zero-order valence-corrected chi connectivity index (χ0v) is 17.5. The summed E-state index contributed by atoms with van der Waals surface area (Å²) in [6.45, 7) is 5.75. The Kier molecular flexibility index (Phi) is 5.18. The van der Waals surface area contributed by atoms with Crippen molar-refractivity contribution in [2.75, 3.05) is 0 Å². The molecule has 150 valence electrons. The second kappa shape index (κ2) is 7.81. The van der Waals surface area contributed by atoms with Gasteiger partial charge in [0.25, 0.3) is 0 Å². The van der Waals surface area contributed by atoms with Crippen LogP contribution in [0.1, 0.15) is 27.0 Å². The molecule has 0 saturated carbocycles. The summed E-state index contributed by atoms with van der Waals surface area (Å²) in [6, 6.07) is 15.7. The van der Waals surface area contributed by atoms with Crippen molar-refractivity contribution >= 4 is 28.5 Å². The Labute approximate surface area is 178 Å². The summed E-state index contributed by atoms with van der Waals surface area (Å²) in [6.07, 6.45) is 1.38. The van der Waals surface area contributed by atoms with Crippen molar-refractivity contribution in [2.24, 2.45) is 0 Å². The van der Waals surface area contributed by atoms with Crippen LogP contribution >= 0.6 is 11.6 Å². The molecule has 0 aliphatic heterocycles. The molecule has 4 aromatic rings. The van der Waals surface area contributed by atoms with E-state index in [1.165, 1.54) is 6.26 Å². The molecule has 0 amide bonds. The molecule has 0 aliphatic carbocycles. The Balaban J connectivity index is 1.70. The van der Waals surface area contributed by atoms with Crippen LogP contribution in [0.2, 0.25) is 5.02 Å². The lowest BCUT2D eigenvalue weighted by atomic mass is 10.00. The fourth-order valence-corrected chi connectivity index (χ4v) is 3.94. The van der Waals surface area contributed by atoms with E-state index in [0.717, 1.165) is 16.7 Å². The number of hydrogen-bond acceptors (Lipinski definition) is 4. The first-order chi connectivity index (χ1) is 14.3. The molecule has 0 bridgehead atoms. The zero-order chi connectivity index (χ0) is 21.4. The first kappa shape index (κ1) is 19.9. The fraction of sp³-hybridized carbons (Fsp3) is 0.120. The molecule has 30 heavy (non-hydrogen) atoms. The number of carbonyl (C=O) groups excluding carboxylic acids is 1. The number of rotatable bonds is 3. The van der Waals surface area contributed by atoms with E-state index in [2.05, 4.69) is 0 Å². The van der Waals surface area contributed by atoms with Gasteiger partial charge in [0.05, 0.1) is 16.5 Å². The topological polar surface area (TPSA) is 56.5 Å². The molecule has 0 aliphatic rings. The van der Waals surface area contributed by atoms with Gasteiger partial charge in [-0.2, -0.15) is 0 Å². The SMILES string of the molecule is Cc1cc(C)c(C(=O)Oc2ccc3c(=O)c(-c4ccccc4Cl)coc3c2)c(C)c1. The van der Waals surface area contributed by atoms with Crippen molar-refractivity contribution in [3.05, 3.63) is 98.4 Å². The molecule has 4 nitrogen and oxygen atoms in total. The first-order valence-electron chi connectivity index (χ1n) is 9.45. The second-order valence-corrected chi connectivity index (χ2v) is 7.69. The van der Waals surface area contributed by atoms with E-state index in [1.807, 2.05) is 39.0 Å². The Bertz CT molecular complexity index is 1330. The van der Waals surface area contributed by atoms with E-state index < -0.39 is 5.97 Å². The van der Waals surface area contributed by atoms with Gasteiger partial charge in [-0.3, -0.25) is 4.79 Å². The van der Waals surface area contributed by atoms with Crippen LogP contribution in [0, 0.1) is 20.8 Å². The quantitative estimate of drug-likeness (QED) is 0.291. The van der Waals surface area contributed by atoms with Gasteiger partial charge in [-0.15, -0.1) is 0 Å². The molecule has 0 radical (unpaired) electrons. The summed E-state index contributed by atoms with van der Waals surface area (Å²) < 4.78 is 11.2. The minimum atomic E-state index is -0.445. The van der Waals surface area contributed by atoms with E-state index in [9.17, 15) is 9.59 Å². The largest absolute Gasteiger partial charge is 0.463 e. The maximum atomic E-state index is 12.9. The van der Waals surface area contributed by atoms with Crippen LogP contribution in [0.25, 0.3) is 22.1 Å². The van der Waals surface area contributed by atoms with Gasteiger partial charge in [0.1, 0.15) is 17.6 Å². The molecule has 0 saturated heterocycles. The molecule has 0 atom stereocenters. The molecule has 4 rings (SSSR count). The van der Waals surface area contributed by atoms with E-state index in [-0.39, 0.29) is 5.43 Å². The Morgan fingerprint density at radius 2 is 1.63 bits per heavy atom. The molecule has 0 spiro atoms. The highest BCUT2D eigenvalue weighted by atomic mass is 35.5. The lowest BCUT2D eigenvalue weighted by Crippen LogP contribution is -2.13. The summed E-state index contributed by atoms with van der Waals surface area (Å²) >= 11 is 6.22. The van der Waals surface area contributed by atoms with E-state index in [0.29, 0.717) is 38.4 Å². The van der Waals surface area contributed by atoms with Crippen molar-refractivity contribution < 1.29 is 13.9 Å². The highest BCUT2D eigenvalue weighted by molar-refractivity contribution is 6.33. The van der Waals surface area contributed by atoms with Crippen LogP contribution in [0.5, 0.6) is 5.75 Å². The molecular formula is C25H19ClO4. The third-order valence-corrected chi connectivity index (χ3v) is 5.33. The molecule has 0 N–H and O–H groups in total.